The van der Waals surface area contributed by atoms with Crippen molar-refractivity contribution < 1.29 is 4.79 Å². The molecule has 0 aliphatic carbocycles. The zero-order chi connectivity index (χ0) is 20.2. The van der Waals surface area contributed by atoms with E-state index in [1.54, 1.807) is 6.20 Å². The van der Waals surface area contributed by atoms with E-state index in [0.29, 0.717) is 30.3 Å². The Labute approximate surface area is 168 Å². The number of benzene rings is 2. The van der Waals surface area contributed by atoms with Crippen LogP contribution in [0.3, 0.4) is 0 Å². The molecule has 0 fully saturated rings. The van der Waals surface area contributed by atoms with Crippen molar-refractivity contribution in [1.29, 1.82) is 0 Å². The maximum Gasteiger partial charge on any atom is 0.251 e. The van der Waals surface area contributed by atoms with Gasteiger partial charge >= 0.3 is 0 Å². The lowest BCUT2D eigenvalue weighted by Crippen LogP contribution is -2.29. The van der Waals surface area contributed by atoms with Crippen LogP contribution in [0.25, 0.3) is 16.6 Å². The van der Waals surface area contributed by atoms with Gasteiger partial charge in [-0.15, -0.1) is 0 Å². The quantitative estimate of drug-likeness (QED) is 0.497. The monoisotopic (exact) mass is 386 g/mol. The molecule has 0 unspecified atom stereocenters. The van der Waals surface area contributed by atoms with E-state index in [4.69, 9.17) is 0 Å². The minimum atomic E-state index is -0.0915. The third-order valence-corrected chi connectivity index (χ3v) is 4.63. The second-order valence-corrected chi connectivity index (χ2v) is 6.75. The van der Waals surface area contributed by atoms with Gasteiger partial charge in [-0.05, 0) is 36.8 Å². The molecule has 4 rings (SSSR count). The molecule has 0 bridgehead atoms. The molecule has 0 atom stereocenters. The summed E-state index contributed by atoms with van der Waals surface area (Å²) >= 11 is 0. The fraction of sp³-hybridized carbons (Fsp3) is 0.182. The van der Waals surface area contributed by atoms with Crippen LogP contribution >= 0.6 is 0 Å². The van der Waals surface area contributed by atoms with E-state index in [1.807, 2.05) is 73.1 Å². The van der Waals surface area contributed by atoms with Crippen molar-refractivity contribution in [2.24, 2.45) is 0 Å². The minimum absolute atomic E-state index is 0.0915. The lowest BCUT2D eigenvalue weighted by molar-refractivity contribution is 0.0955. The summed E-state index contributed by atoms with van der Waals surface area (Å²) in [5.74, 6) is 2.90. The highest BCUT2D eigenvalue weighted by molar-refractivity contribution is 5.98. The third-order valence-electron chi connectivity index (χ3n) is 4.63. The SMILES string of the molecule is Cc1nc(NCCNC(=O)c2ccc3ccccc3c2)cc(-n2ccnc2C)n1. The number of carbonyl (C=O) groups excluding carboxylic acids is 1. The minimum Gasteiger partial charge on any atom is -0.368 e. The average molecular weight is 386 g/mol. The number of carbonyl (C=O) groups is 1. The maximum atomic E-state index is 12.4. The highest BCUT2D eigenvalue weighted by atomic mass is 16.1. The summed E-state index contributed by atoms with van der Waals surface area (Å²) in [6.45, 7) is 4.81. The number of imidazole rings is 1. The van der Waals surface area contributed by atoms with Gasteiger partial charge in [-0.3, -0.25) is 9.36 Å². The van der Waals surface area contributed by atoms with Gasteiger partial charge in [0.25, 0.3) is 5.91 Å². The Morgan fingerprint density at radius 3 is 2.62 bits per heavy atom. The van der Waals surface area contributed by atoms with Gasteiger partial charge in [0.05, 0.1) is 0 Å². The fourth-order valence-electron chi connectivity index (χ4n) is 3.19. The van der Waals surface area contributed by atoms with Crippen LogP contribution < -0.4 is 10.6 Å². The largest absolute Gasteiger partial charge is 0.368 e. The van der Waals surface area contributed by atoms with Crippen LogP contribution in [0.2, 0.25) is 0 Å². The summed E-state index contributed by atoms with van der Waals surface area (Å²) < 4.78 is 1.90. The highest BCUT2D eigenvalue weighted by Crippen LogP contribution is 2.15. The summed E-state index contributed by atoms with van der Waals surface area (Å²) in [5, 5.41) is 8.36. The Morgan fingerprint density at radius 1 is 1.00 bits per heavy atom. The predicted molar refractivity (Wildman–Crippen MR) is 113 cm³/mol. The van der Waals surface area contributed by atoms with Crippen LogP contribution in [-0.4, -0.2) is 38.5 Å². The second-order valence-electron chi connectivity index (χ2n) is 6.75. The molecule has 0 aliphatic heterocycles. The molecule has 4 aromatic rings. The van der Waals surface area contributed by atoms with Gasteiger partial charge in [0.2, 0.25) is 0 Å². The Morgan fingerprint density at radius 2 is 1.83 bits per heavy atom. The molecule has 0 aliphatic rings. The van der Waals surface area contributed by atoms with Crippen LogP contribution in [0.4, 0.5) is 5.82 Å². The van der Waals surface area contributed by atoms with Crippen molar-refractivity contribution in [2.75, 3.05) is 18.4 Å². The van der Waals surface area contributed by atoms with Crippen LogP contribution in [0, 0.1) is 13.8 Å². The molecule has 2 N–H and O–H groups in total. The molecule has 2 aromatic carbocycles. The zero-order valence-electron chi connectivity index (χ0n) is 16.4. The normalized spacial score (nSPS) is 10.8. The van der Waals surface area contributed by atoms with E-state index in [0.717, 1.165) is 22.4 Å². The number of nitrogens with zero attached hydrogens (tertiary/aromatic N) is 4. The molecular weight excluding hydrogens is 364 g/mol. The summed E-state index contributed by atoms with van der Waals surface area (Å²) in [4.78, 5) is 25.5. The van der Waals surface area contributed by atoms with E-state index < -0.39 is 0 Å². The number of anilines is 1. The van der Waals surface area contributed by atoms with Gasteiger partial charge in [0, 0.05) is 37.1 Å². The van der Waals surface area contributed by atoms with E-state index in [2.05, 4.69) is 25.6 Å². The molecule has 1 amide bonds. The van der Waals surface area contributed by atoms with Crippen molar-refractivity contribution in [3.63, 3.8) is 0 Å². The molecule has 2 heterocycles. The summed E-state index contributed by atoms with van der Waals surface area (Å²) in [7, 11) is 0. The Balaban J connectivity index is 1.36. The molecule has 29 heavy (non-hydrogen) atoms. The van der Waals surface area contributed by atoms with Crippen molar-refractivity contribution in [1.82, 2.24) is 24.8 Å². The Hall–Kier alpha value is -3.74. The van der Waals surface area contributed by atoms with Gasteiger partial charge in [0.15, 0.2) is 0 Å². The Kier molecular flexibility index (Phi) is 5.20. The number of fused-ring (bicyclic) bond motifs is 1. The van der Waals surface area contributed by atoms with E-state index in [1.165, 1.54) is 0 Å². The molecule has 7 heteroatoms. The molecule has 0 spiro atoms. The smallest absolute Gasteiger partial charge is 0.251 e. The number of nitrogens with one attached hydrogen (secondary N) is 2. The van der Waals surface area contributed by atoms with Gasteiger partial charge in [-0.25, -0.2) is 15.0 Å². The standard InChI is InChI=1S/C22H22N6O/c1-15-26-20(14-21(27-15)28-12-11-23-16(28)2)24-9-10-25-22(29)19-8-7-17-5-3-4-6-18(17)13-19/h3-8,11-14H,9-10H2,1-2H3,(H,25,29)(H,24,26,27). The summed E-state index contributed by atoms with van der Waals surface area (Å²) in [5.41, 5.74) is 0.652. The lowest BCUT2D eigenvalue weighted by Gasteiger charge is -2.11. The molecule has 7 nitrogen and oxygen atoms in total. The number of hydrogen-bond donors (Lipinski definition) is 2. The van der Waals surface area contributed by atoms with Gasteiger partial charge < -0.3 is 10.6 Å². The van der Waals surface area contributed by atoms with Crippen molar-refractivity contribution in [3.8, 4) is 5.82 Å². The van der Waals surface area contributed by atoms with Crippen LogP contribution in [0.5, 0.6) is 0 Å². The van der Waals surface area contributed by atoms with E-state index >= 15 is 0 Å². The van der Waals surface area contributed by atoms with E-state index in [9.17, 15) is 4.79 Å². The number of aromatic nitrogens is 4. The summed E-state index contributed by atoms with van der Waals surface area (Å²) in [6, 6.07) is 15.6. The molecule has 2 aromatic heterocycles. The maximum absolute atomic E-state index is 12.4. The zero-order valence-corrected chi connectivity index (χ0v) is 16.4. The van der Waals surface area contributed by atoms with Crippen LogP contribution in [-0.2, 0) is 0 Å². The van der Waals surface area contributed by atoms with Crippen LogP contribution in [0.1, 0.15) is 22.0 Å². The molecule has 0 saturated carbocycles. The predicted octanol–water partition coefficient (Wildman–Crippen LogP) is 3.27. The van der Waals surface area contributed by atoms with E-state index in [-0.39, 0.29) is 5.91 Å². The second kappa shape index (κ2) is 8.10. The molecule has 0 radical (unpaired) electrons. The lowest BCUT2D eigenvalue weighted by atomic mass is 10.1. The van der Waals surface area contributed by atoms with Crippen LogP contribution in [0.15, 0.2) is 60.9 Å². The van der Waals surface area contributed by atoms with Gasteiger partial charge in [-0.1, -0.05) is 30.3 Å². The number of hydrogen-bond acceptors (Lipinski definition) is 5. The third kappa shape index (κ3) is 4.24. The summed E-state index contributed by atoms with van der Waals surface area (Å²) in [6.07, 6.45) is 3.60. The number of amides is 1. The fourth-order valence-corrected chi connectivity index (χ4v) is 3.19. The molecule has 146 valence electrons. The molecule has 0 saturated heterocycles. The first-order valence-corrected chi connectivity index (χ1v) is 9.47. The number of aryl methyl sites for hydroxylation is 2. The van der Waals surface area contributed by atoms with Crippen molar-refractivity contribution in [2.45, 2.75) is 13.8 Å². The molecular formula is C22H22N6O. The van der Waals surface area contributed by atoms with Crippen molar-refractivity contribution in [3.05, 3.63) is 78.1 Å². The topological polar surface area (TPSA) is 84.7 Å². The number of rotatable bonds is 6. The van der Waals surface area contributed by atoms with Gasteiger partial charge in [0.1, 0.15) is 23.3 Å². The van der Waals surface area contributed by atoms with Gasteiger partial charge in [-0.2, -0.15) is 0 Å². The first-order valence-electron chi connectivity index (χ1n) is 9.47. The Bertz CT molecular complexity index is 1170. The first kappa shape index (κ1) is 18.6. The highest BCUT2D eigenvalue weighted by Gasteiger charge is 2.08. The first-order chi connectivity index (χ1) is 14.1. The van der Waals surface area contributed by atoms with Crippen molar-refractivity contribution >= 4 is 22.5 Å². The average Bonchev–Trinajstić information content (AvgIpc) is 3.16.